The van der Waals surface area contributed by atoms with E-state index in [-0.39, 0.29) is 0 Å². The molecule has 0 amide bonds. The summed E-state index contributed by atoms with van der Waals surface area (Å²) in [6.45, 7) is 1.32. The number of aliphatic hydroxyl groups excluding tert-OH is 3. The minimum atomic E-state index is -1.53. The molecule has 0 unspecified atom stereocenters. The Labute approximate surface area is 115 Å². The minimum absolute atomic E-state index is 0.337. The first-order valence-corrected chi connectivity index (χ1v) is 6.33. The summed E-state index contributed by atoms with van der Waals surface area (Å²) in [4.78, 5) is 15.2. The van der Waals surface area contributed by atoms with Crippen LogP contribution >= 0.6 is 0 Å². The number of aromatic amines is 1. The molecule has 0 bridgehead atoms. The van der Waals surface area contributed by atoms with Crippen molar-refractivity contribution in [1.29, 1.82) is 0 Å². The minimum Gasteiger partial charge on any atom is -0.391 e. The van der Waals surface area contributed by atoms with Gasteiger partial charge in [-0.25, -0.2) is 0 Å². The van der Waals surface area contributed by atoms with Crippen molar-refractivity contribution in [1.82, 2.24) is 4.98 Å². The number of hydrogen-bond acceptors (Lipinski definition) is 5. The third-order valence-electron chi connectivity index (χ3n) is 3.35. The number of aliphatic hydroxyl groups is 3. The van der Waals surface area contributed by atoms with Gasteiger partial charge in [0.05, 0.1) is 12.1 Å². The van der Waals surface area contributed by atoms with Gasteiger partial charge in [-0.05, 0) is 24.4 Å². The monoisotopic (exact) mass is 278 g/mol. The molecule has 6 heteroatoms. The smallest absolute Gasteiger partial charge is 0.182 e. The van der Waals surface area contributed by atoms with Crippen LogP contribution in [0.3, 0.4) is 0 Å². The number of H-pyrrole nitrogens is 1. The fourth-order valence-corrected chi connectivity index (χ4v) is 2.05. The highest BCUT2D eigenvalue weighted by molar-refractivity contribution is 6.02. The van der Waals surface area contributed by atoms with E-state index in [2.05, 4.69) is 4.98 Å². The van der Waals surface area contributed by atoms with Gasteiger partial charge < -0.3 is 26.0 Å². The lowest BCUT2D eigenvalue weighted by Crippen LogP contribution is -2.51. The number of carbonyl (C=O) groups excluding carboxylic acids is 1. The second-order valence-electron chi connectivity index (χ2n) is 4.89. The molecule has 0 radical (unpaired) electrons. The SMILES string of the molecule is C[C@@H](O)[C@@H](O)[C@H](O)[C@@H](N)C(=O)c1ccc2cc[nH]c2c1. The maximum Gasteiger partial charge on any atom is 0.182 e. The molecule has 2 rings (SSSR count). The number of benzene rings is 1. The molecule has 2 aromatic rings. The van der Waals surface area contributed by atoms with Crippen molar-refractivity contribution in [2.45, 2.75) is 31.3 Å². The van der Waals surface area contributed by atoms with Gasteiger partial charge in [0, 0.05) is 17.3 Å². The summed E-state index contributed by atoms with van der Waals surface area (Å²) in [7, 11) is 0. The molecule has 0 aliphatic rings. The predicted molar refractivity (Wildman–Crippen MR) is 74.3 cm³/mol. The number of carbonyl (C=O) groups is 1. The van der Waals surface area contributed by atoms with Crippen LogP contribution in [0.1, 0.15) is 17.3 Å². The van der Waals surface area contributed by atoms with E-state index in [1.807, 2.05) is 6.07 Å². The number of nitrogens with two attached hydrogens (primary N) is 1. The zero-order valence-corrected chi connectivity index (χ0v) is 11.0. The van der Waals surface area contributed by atoms with Gasteiger partial charge in [-0.2, -0.15) is 0 Å². The Morgan fingerprint density at radius 3 is 2.55 bits per heavy atom. The van der Waals surface area contributed by atoms with Crippen LogP contribution in [0.4, 0.5) is 0 Å². The maximum atomic E-state index is 12.2. The molecule has 4 atom stereocenters. The molecule has 0 aliphatic heterocycles. The lowest BCUT2D eigenvalue weighted by atomic mass is 9.95. The highest BCUT2D eigenvalue weighted by atomic mass is 16.4. The summed E-state index contributed by atoms with van der Waals surface area (Å²) in [5, 5.41) is 29.5. The molecule has 108 valence electrons. The van der Waals surface area contributed by atoms with Crippen LogP contribution in [-0.4, -0.2) is 50.4 Å². The van der Waals surface area contributed by atoms with E-state index >= 15 is 0 Å². The Bertz CT molecular complexity index is 608. The number of ketones is 1. The van der Waals surface area contributed by atoms with E-state index in [0.29, 0.717) is 5.56 Å². The average Bonchev–Trinajstić information content (AvgIpc) is 2.91. The van der Waals surface area contributed by atoms with Crippen LogP contribution in [-0.2, 0) is 0 Å². The maximum absolute atomic E-state index is 12.2. The Morgan fingerprint density at radius 1 is 1.20 bits per heavy atom. The second-order valence-corrected chi connectivity index (χ2v) is 4.89. The lowest BCUT2D eigenvalue weighted by molar-refractivity contribution is -0.0568. The van der Waals surface area contributed by atoms with Crippen LogP contribution in [0.25, 0.3) is 10.9 Å². The van der Waals surface area contributed by atoms with Crippen LogP contribution in [0.2, 0.25) is 0 Å². The summed E-state index contributed by atoms with van der Waals surface area (Å²) in [6.07, 6.45) is -2.41. The van der Waals surface area contributed by atoms with Crippen molar-refractivity contribution in [3.63, 3.8) is 0 Å². The quantitative estimate of drug-likeness (QED) is 0.484. The average molecular weight is 278 g/mol. The van der Waals surface area contributed by atoms with Gasteiger partial charge in [0.1, 0.15) is 12.2 Å². The molecule has 0 saturated heterocycles. The van der Waals surface area contributed by atoms with E-state index < -0.39 is 30.1 Å². The van der Waals surface area contributed by atoms with E-state index in [0.717, 1.165) is 10.9 Å². The zero-order chi connectivity index (χ0) is 14.9. The first-order valence-electron chi connectivity index (χ1n) is 6.33. The number of nitrogens with one attached hydrogen (secondary N) is 1. The van der Waals surface area contributed by atoms with Crippen molar-refractivity contribution in [3.8, 4) is 0 Å². The second kappa shape index (κ2) is 5.72. The molecule has 1 heterocycles. The van der Waals surface area contributed by atoms with Crippen molar-refractivity contribution in [3.05, 3.63) is 36.0 Å². The number of hydrogen-bond donors (Lipinski definition) is 5. The largest absolute Gasteiger partial charge is 0.391 e. The standard InChI is InChI=1S/C14H18N2O4/c1-7(17)12(18)14(20)11(15)13(19)9-3-2-8-4-5-16-10(8)6-9/h2-7,11-12,14,16-18,20H,15H2,1H3/t7-,11+,12-,14-/m1/s1. The van der Waals surface area contributed by atoms with E-state index in [1.54, 1.807) is 24.4 Å². The molecule has 20 heavy (non-hydrogen) atoms. The Hall–Kier alpha value is -1.73. The van der Waals surface area contributed by atoms with Gasteiger partial charge in [-0.15, -0.1) is 0 Å². The van der Waals surface area contributed by atoms with Gasteiger partial charge in [0.2, 0.25) is 0 Å². The first kappa shape index (κ1) is 14.7. The van der Waals surface area contributed by atoms with Crippen LogP contribution in [0.15, 0.2) is 30.5 Å². The molecular weight excluding hydrogens is 260 g/mol. The molecule has 6 nitrogen and oxygen atoms in total. The van der Waals surface area contributed by atoms with Crippen molar-refractivity contribution in [2.24, 2.45) is 5.73 Å². The van der Waals surface area contributed by atoms with Gasteiger partial charge in [-0.3, -0.25) is 4.79 Å². The summed E-state index contributed by atoms with van der Waals surface area (Å²) in [5.74, 6) is -0.492. The molecule has 0 aliphatic carbocycles. The van der Waals surface area contributed by atoms with Gasteiger partial charge in [0.15, 0.2) is 5.78 Å². The zero-order valence-electron chi connectivity index (χ0n) is 11.0. The number of fused-ring (bicyclic) bond motifs is 1. The molecule has 0 fully saturated rings. The topological polar surface area (TPSA) is 120 Å². The highest BCUT2D eigenvalue weighted by Gasteiger charge is 2.32. The van der Waals surface area contributed by atoms with E-state index in [4.69, 9.17) is 5.73 Å². The number of rotatable bonds is 5. The van der Waals surface area contributed by atoms with Gasteiger partial charge in [-0.1, -0.05) is 12.1 Å². The molecule has 1 aromatic heterocycles. The molecule has 0 saturated carbocycles. The molecular formula is C14H18N2O4. The van der Waals surface area contributed by atoms with Crippen molar-refractivity contribution < 1.29 is 20.1 Å². The van der Waals surface area contributed by atoms with Gasteiger partial charge >= 0.3 is 0 Å². The van der Waals surface area contributed by atoms with Crippen LogP contribution in [0.5, 0.6) is 0 Å². The third kappa shape index (κ3) is 2.73. The highest BCUT2D eigenvalue weighted by Crippen LogP contribution is 2.16. The predicted octanol–water partition coefficient (Wildman–Crippen LogP) is -0.220. The fourth-order valence-electron chi connectivity index (χ4n) is 2.05. The Morgan fingerprint density at radius 2 is 1.90 bits per heavy atom. The van der Waals surface area contributed by atoms with Crippen molar-refractivity contribution in [2.75, 3.05) is 0 Å². The lowest BCUT2D eigenvalue weighted by Gasteiger charge is -2.24. The third-order valence-corrected chi connectivity index (χ3v) is 3.35. The van der Waals surface area contributed by atoms with Crippen molar-refractivity contribution >= 4 is 16.7 Å². The number of Topliss-reactive ketones (excluding diaryl/α,β-unsaturated/α-hetero) is 1. The summed E-state index contributed by atoms with van der Waals surface area (Å²) in [6, 6.07) is 5.59. The summed E-state index contributed by atoms with van der Waals surface area (Å²) < 4.78 is 0. The Kier molecular flexibility index (Phi) is 4.20. The van der Waals surface area contributed by atoms with E-state index in [1.165, 1.54) is 6.92 Å². The van der Waals surface area contributed by atoms with E-state index in [9.17, 15) is 20.1 Å². The Balaban J connectivity index is 2.21. The number of aromatic nitrogens is 1. The van der Waals surface area contributed by atoms with Crippen LogP contribution < -0.4 is 5.73 Å². The molecule has 6 N–H and O–H groups in total. The summed E-state index contributed by atoms with van der Waals surface area (Å²) >= 11 is 0. The normalized spacial score (nSPS) is 17.6. The fraction of sp³-hybridized carbons (Fsp3) is 0.357. The summed E-state index contributed by atoms with van der Waals surface area (Å²) in [5.41, 5.74) is 6.79. The molecule has 0 spiro atoms. The molecule has 1 aromatic carbocycles. The first-order chi connectivity index (χ1) is 9.41. The van der Waals surface area contributed by atoms with Crippen LogP contribution in [0, 0.1) is 0 Å². The van der Waals surface area contributed by atoms with Gasteiger partial charge in [0.25, 0.3) is 0 Å².